The lowest BCUT2D eigenvalue weighted by atomic mass is 10.1. The molecule has 0 aliphatic rings. The number of nitrogens with two attached hydrogens (primary N) is 1. The van der Waals surface area contributed by atoms with Crippen LogP contribution in [0.3, 0.4) is 0 Å². The van der Waals surface area contributed by atoms with Crippen molar-refractivity contribution in [2.24, 2.45) is 5.84 Å². The van der Waals surface area contributed by atoms with E-state index in [-0.39, 0.29) is 33.9 Å². The second-order valence-corrected chi connectivity index (χ2v) is 5.21. The second-order valence-electron chi connectivity index (χ2n) is 4.81. The van der Waals surface area contributed by atoms with Crippen molar-refractivity contribution < 1.29 is 9.72 Å². The van der Waals surface area contributed by atoms with E-state index >= 15 is 0 Å². The Hall–Kier alpha value is -1.86. The van der Waals surface area contributed by atoms with E-state index in [9.17, 15) is 14.9 Å². The Morgan fingerprint density at radius 2 is 2.19 bits per heavy atom. The molecule has 1 aromatic rings. The minimum atomic E-state index is -0.632. The summed E-state index contributed by atoms with van der Waals surface area (Å²) in [5, 5.41) is 11.1. The highest BCUT2D eigenvalue weighted by Gasteiger charge is 2.24. The average Bonchev–Trinajstić information content (AvgIpc) is 2.44. The molecule has 0 saturated heterocycles. The number of hydrazine groups is 1. The molecule has 0 aliphatic heterocycles. The van der Waals surface area contributed by atoms with Gasteiger partial charge in [-0.1, -0.05) is 24.9 Å². The van der Waals surface area contributed by atoms with Crippen molar-refractivity contribution in [3.8, 4) is 0 Å². The highest BCUT2D eigenvalue weighted by Crippen LogP contribution is 2.33. The van der Waals surface area contributed by atoms with E-state index in [0.29, 0.717) is 0 Å². The summed E-state index contributed by atoms with van der Waals surface area (Å²) < 4.78 is 0. The first-order valence-electron chi connectivity index (χ1n) is 6.55. The summed E-state index contributed by atoms with van der Waals surface area (Å²) in [7, 11) is 1.66. The van der Waals surface area contributed by atoms with Gasteiger partial charge in [0, 0.05) is 24.7 Å². The molecule has 21 heavy (non-hydrogen) atoms. The molecule has 0 fully saturated rings. The molecule has 0 saturated carbocycles. The third-order valence-electron chi connectivity index (χ3n) is 3.35. The van der Waals surface area contributed by atoms with Gasteiger partial charge < -0.3 is 10.3 Å². The predicted molar refractivity (Wildman–Crippen MR) is 82.4 cm³/mol. The molecular weight excluding hydrogens is 296 g/mol. The number of carbonyl (C=O) groups excluding carboxylic acids is 1. The number of hydrogen-bond donors (Lipinski definition) is 2. The molecule has 1 atom stereocenters. The fourth-order valence-corrected chi connectivity index (χ4v) is 2.29. The first-order chi connectivity index (χ1) is 9.83. The fraction of sp³-hybridized carbons (Fsp3) is 0.462. The number of nitrogen functional groups attached to an aromatic ring is 1. The van der Waals surface area contributed by atoms with E-state index in [1.165, 1.54) is 12.1 Å². The lowest BCUT2D eigenvalue weighted by molar-refractivity contribution is -0.384. The topological polar surface area (TPSA) is 102 Å². The average molecular weight is 315 g/mol. The lowest BCUT2D eigenvalue weighted by Crippen LogP contribution is -2.35. The molecule has 3 N–H and O–H groups in total. The molecule has 1 unspecified atom stereocenters. The first-order valence-corrected chi connectivity index (χ1v) is 6.92. The van der Waals surface area contributed by atoms with Crippen LogP contribution in [0.15, 0.2) is 12.1 Å². The van der Waals surface area contributed by atoms with Crippen LogP contribution in [0.4, 0.5) is 11.4 Å². The molecule has 8 heteroatoms. The molecule has 0 aliphatic carbocycles. The Balaban J connectivity index is 3.19. The minimum Gasteiger partial charge on any atom is -0.339 e. The molecule has 0 spiro atoms. The number of nitrogens with zero attached hydrogens (tertiary/aromatic N) is 2. The van der Waals surface area contributed by atoms with E-state index in [2.05, 4.69) is 5.43 Å². The summed E-state index contributed by atoms with van der Waals surface area (Å²) in [5.74, 6) is 4.91. The van der Waals surface area contributed by atoms with Gasteiger partial charge >= 0.3 is 0 Å². The van der Waals surface area contributed by atoms with Gasteiger partial charge in [0.1, 0.15) is 5.69 Å². The minimum absolute atomic E-state index is 0.0116. The predicted octanol–water partition coefficient (Wildman–Crippen LogP) is 2.79. The van der Waals surface area contributed by atoms with Crippen molar-refractivity contribution >= 4 is 28.9 Å². The molecular formula is C13H19ClN4O3. The molecule has 1 amide bonds. The molecule has 1 aromatic carbocycles. The van der Waals surface area contributed by atoms with Gasteiger partial charge in [-0.2, -0.15) is 0 Å². The first kappa shape index (κ1) is 17.2. The van der Waals surface area contributed by atoms with Crippen molar-refractivity contribution in [1.29, 1.82) is 0 Å². The number of nitrogens with one attached hydrogen (secondary N) is 1. The van der Waals surface area contributed by atoms with Gasteiger partial charge in [0.05, 0.1) is 9.95 Å². The second kappa shape index (κ2) is 7.24. The number of rotatable bonds is 6. The van der Waals surface area contributed by atoms with Gasteiger partial charge in [0.2, 0.25) is 0 Å². The summed E-state index contributed by atoms with van der Waals surface area (Å²) in [6, 6.07) is 2.59. The van der Waals surface area contributed by atoms with Gasteiger partial charge in [0.25, 0.3) is 11.6 Å². The summed E-state index contributed by atoms with van der Waals surface area (Å²) >= 11 is 5.95. The summed E-state index contributed by atoms with van der Waals surface area (Å²) in [6.07, 6.45) is 1.79. The van der Waals surface area contributed by atoms with E-state index in [0.717, 1.165) is 12.8 Å². The van der Waals surface area contributed by atoms with Gasteiger partial charge in [-0.05, 0) is 19.4 Å². The Morgan fingerprint density at radius 3 is 2.67 bits per heavy atom. The molecule has 0 radical (unpaired) electrons. The zero-order valence-corrected chi connectivity index (χ0v) is 13.0. The van der Waals surface area contributed by atoms with Crippen LogP contribution in [0, 0.1) is 10.1 Å². The monoisotopic (exact) mass is 314 g/mol. The van der Waals surface area contributed by atoms with E-state index in [1.807, 2.05) is 13.8 Å². The van der Waals surface area contributed by atoms with Crippen molar-refractivity contribution in [2.75, 3.05) is 12.5 Å². The lowest BCUT2D eigenvalue weighted by Gasteiger charge is -2.24. The summed E-state index contributed by atoms with van der Waals surface area (Å²) in [4.78, 5) is 24.3. The SMILES string of the molecule is CCCC(C)N(C)C(=O)c1cc(Cl)c(NN)c([N+](=O)[O-])c1. The number of anilines is 1. The summed E-state index contributed by atoms with van der Waals surface area (Å²) in [5.41, 5.74) is 2.01. The number of carbonyl (C=O) groups is 1. The number of amides is 1. The standard InChI is InChI=1S/C13H19ClN4O3/c1-4-5-8(2)17(3)13(19)9-6-10(14)12(16-15)11(7-9)18(20)21/h6-8,16H,4-5,15H2,1-3H3. The van der Waals surface area contributed by atoms with Crippen LogP contribution in [0.5, 0.6) is 0 Å². The van der Waals surface area contributed by atoms with Crippen LogP contribution >= 0.6 is 11.6 Å². The zero-order valence-electron chi connectivity index (χ0n) is 12.2. The van der Waals surface area contributed by atoms with Gasteiger partial charge in [-0.3, -0.25) is 20.8 Å². The number of benzene rings is 1. The van der Waals surface area contributed by atoms with Crippen molar-refractivity contribution in [1.82, 2.24) is 4.90 Å². The number of nitro benzene ring substituents is 1. The van der Waals surface area contributed by atoms with E-state index in [4.69, 9.17) is 17.4 Å². The molecule has 0 aromatic heterocycles. The Morgan fingerprint density at radius 1 is 1.57 bits per heavy atom. The number of nitro groups is 1. The smallest absolute Gasteiger partial charge is 0.295 e. The Bertz CT molecular complexity index is 550. The highest BCUT2D eigenvalue weighted by atomic mass is 35.5. The molecule has 116 valence electrons. The van der Waals surface area contributed by atoms with Crippen LogP contribution in [0.1, 0.15) is 37.0 Å². The maximum Gasteiger partial charge on any atom is 0.295 e. The summed E-state index contributed by atoms with van der Waals surface area (Å²) in [6.45, 7) is 3.95. The van der Waals surface area contributed by atoms with Crippen LogP contribution < -0.4 is 11.3 Å². The van der Waals surface area contributed by atoms with Crippen molar-refractivity contribution in [3.05, 3.63) is 32.8 Å². The Labute approximate surface area is 128 Å². The third-order valence-corrected chi connectivity index (χ3v) is 3.64. The quantitative estimate of drug-likeness (QED) is 0.477. The van der Waals surface area contributed by atoms with Gasteiger partial charge in [0.15, 0.2) is 0 Å². The van der Waals surface area contributed by atoms with E-state index < -0.39 is 4.92 Å². The maximum absolute atomic E-state index is 12.4. The molecule has 0 heterocycles. The van der Waals surface area contributed by atoms with Crippen LogP contribution in [-0.4, -0.2) is 28.8 Å². The van der Waals surface area contributed by atoms with Crippen LogP contribution in [0.2, 0.25) is 5.02 Å². The van der Waals surface area contributed by atoms with Gasteiger partial charge in [-0.25, -0.2) is 0 Å². The maximum atomic E-state index is 12.4. The van der Waals surface area contributed by atoms with Crippen molar-refractivity contribution in [2.45, 2.75) is 32.7 Å². The molecule has 7 nitrogen and oxygen atoms in total. The van der Waals surface area contributed by atoms with Crippen LogP contribution in [-0.2, 0) is 0 Å². The number of hydrogen-bond acceptors (Lipinski definition) is 5. The largest absolute Gasteiger partial charge is 0.339 e. The van der Waals surface area contributed by atoms with Crippen LogP contribution in [0.25, 0.3) is 0 Å². The third kappa shape index (κ3) is 3.83. The number of halogens is 1. The Kier molecular flexibility index (Phi) is 5.92. The van der Waals surface area contributed by atoms with E-state index in [1.54, 1.807) is 11.9 Å². The zero-order chi connectivity index (χ0) is 16.2. The fourth-order valence-electron chi connectivity index (χ4n) is 2.02. The normalized spacial score (nSPS) is 11.9. The van der Waals surface area contributed by atoms with Gasteiger partial charge in [-0.15, -0.1) is 0 Å². The molecule has 0 bridgehead atoms. The van der Waals surface area contributed by atoms with Crippen molar-refractivity contribution in [3.63, 3.8) is 0 Å². The highest BCUT2D eigenvalue weighted by molar-refractivity contribution is 6.34. The molecule has 1 rings (SSSR count).